The zero-order chi connectivity index (χ0) is 15.4. The van der Waals surface area contributed by atoms with Gasteiger partial charge >= 0.3 is 11.9 Å². The van der Waals surface area contributed by atoms with Gasteiger partial charge in [-0.05, 0) is 26.8 Å². The van der Waals surface area contributed by atoms with Gasteiger partial charge in [0, 0.05) is 5.92 Å². The first-order valence-electron chi connectivity index (χ1n) is 6.36. The van der Waals surface area contributed by atoms with Gasteiger partial charge in [-0.3, -0.25) is 14.4 Å². The van der Waals surface area contributed by atoms with Crippen molar-refractivity contribution in [2.75, 3.05) is 14.2 Å². The third-order valence-corrected chi connectivity index (χ3v) is 3.37. The van der Waals surface area contributed by atoms with Crippen molar-refractivity contribution in [3.05, 3.63) is 23.3 Å². The molecular formula is C15H20O5. The first-order valence-corrected chi connectivity index (χ1v) is 6.36. The Hall–Kier alpha value is -1.91. The number of ketones is 1. The molecule has 0 amide bonds. The number of carbonyl (C=O) groups excluding carboxylic acids is 3. The van der Waals surface area contributed by atoms with Crippen molar-refractivity contribution in [3.63, 3.8) is 0 Å². The SMILES string of the molecule is COC(=O)[C@H]1C(=O)C=C(C)[C@H](C(=O)OC)[C@@H]1C=C(C)C. The van der Waals surface area contributed by atoms with E-state index in [2.05, 4.69) is 0 Å². The Labute approximate surface area is 118 Å². The maximum atomic E-state index is 12.1. The molecule has 0 radical (unpaired) electrons. The third kappa shape index (κ3) is 3.15. The van der Waals surface area contributed by atoms with Gasteiger partial charge in [-0.25, -0.2) is 0 Å². The second-order valence-electron chi connectivity index (χ2n) is 5.11. The van der Waals surface area contributed by atoms with Crippen LogP contribution in [-0.4, -0.2) is 31.9 Å². The van der Waals surface area contributed by atoms with Gasteiger partial charge in [-0.15, -0.1) is 0 Å². The molecule has 5 nitrogen and oxygen atoms in total. The van der Waals surface area contributed by atoms with Crippen molar-refractivity contribution in [3.8, 4) is 0 Å². The van der Waals surface area contributed by atoms with Crippen LogP contribution in [0.1, 0.15) is 20.8 Å². The molecule has 0 aromatic heterocycles. The summed E-state index contributed by atoms with van der Waals surface area (Å²) in [5.74, 6) is -3.63. The second-order valence-corrected chi connectivity index (χ2v) is 5.11. The van der Waals surface area contributed by atoms with Crippen LogP contribution < -0.4 is 0 Å². The predicted octanol–water partition coefficient (Wildman–Crippen LogP) is 1.68. The fraction of sp³-hybridized carbons (Fsp3) is 0.533. The van der Waals surface area contributed by atoms with E-state index in [1.165, 1.54) is 20.3 Å². The van der Waals surface area contributed by atoms with Crippen LogP contribution in [0, 0.1) is 17.8 Å². The van der Waals surface area contributed by atoms with Gasteiger partial charge in [0.25, 0.3) is 0 Å². The molecule has 0 aromatic rings. The zero-order valence-corrected chi connectivity index (χ0v) is 12.4. The quantitative estimate of drug-likeness (QED) is 0.447. The molecule has 5 heteroatoms. The average Bonchev–Trinajstić information content (AvgIpc) is 2.36. The van der Waals surface area contributed by atoms with E-state index < -0.39 is 29.7 Å². The number of allylic oxidation sites excluding steroid dienone is 3. The van der Waals surface area contributed by atoms with Crippen LogP contribution in [0.3, 0.4) is 0 Å². The van der Waals surface area contributed by atoms with Crippen LogP contribution in [0.25, 0.3) is 0 Å². The fourth-order valence-electron chi connectivity index (χ4n) is 2.54. The van der Waals surface area contributed by atoms with Gasteiger partial charge in [0.2, 0.25) is 0 Å². The molecule has 0 saturated carbocycles. The Bertz CT molecular complexity index is 482. The lowest BCUT2D eigenvalue weighted by Gasteiger charge is -2.32. The molecule has 0 bridgehead atoms. The van der Waals surface area contributed by atoms with Crippen molar-refractivity contribution in [1.82, 2.24) is 0 Å². The minimum Gasteiger partial charge on any atom is -0.469 e. The number of ether oxygens (including phenoxy) is 2. The van der Waals surface area contributed by atoms with Crippen molar-refractivity contribution < 1.29 is 23.9 Å². The van der Waals surface area contributed by atoms with Crippen LogP contribution in [0.4, 0.5) is 0 Å². The van der Waals surface area contributed by atoms with E-state index in [1.54, 1.807) is 13.0 Å². The summed E-state index contributed by atoms with van der Waals surface area (Å²) >= 11 is 0. The van der Waals surface area contributed by atoms with Gasteiger partial charge in [-0.2, -0.15) is 0 Å². The molecule has 0 spiro atoms. The Morgan fingerprint density at radius 3 is 2.05 bits per heavy atom. The Morgan fingerprint density at radius 1 is 1.10 bits per heavy atom. The summed E-state index contributed by atoms with van der Waals surface area (Å²) in [7, 11) is 2.52. The third-order valence-electron chi connectivity index (χ3n) is 3.37. The van der Waals surface area contributed by atoms with Crippen molar-refractivity contribution in [2.24, 2.45) is 17.8 Å². The lowest BCUT2D eigenvalue weighted by Crippen LogP contribution is -2.42. The summed E-state index contributed by atoms with van der Waals surface area (Å²) in [5.41, 5.74) is 1.52. The molecule has 0 fully saturated rings. The summed E-state index contributed by atoms with van der Waals surface area (Å²) in [5, 5.41) is 0. The number of carbonyl (C=O) groups is 3. The lowest BCUT2D eigenvalue weighted by molar-refractivity contribution is -0.153. The highest BCUT2D eigenvalue weighted by Crippen LogP contribution is 2.36. The highest BCUT2D eigenvalue weighted by molar-refractivity contribution is 6.07. The zero-order valence-electron chi connectivity index (χ0n) is 12.4. The second kappa shape index (κ2) is 6.50. The van der Waals surface area contributed by atoms with E-state index in [1.807, 2.05) is 13.8 Å². The summed E-state index contributed by atoms with van der Waals surface area (Å²) in [4.78, 5) is 36.0. The van der Waals surface area contributed by atoms with Crippen LogP contribution in [0.15, 0.2) is 23.3 Å². The van der Waals surface area contributed by atoms with E-state index in [4.69, 9.17) is 9.47 Å². The number of hydrogen-bond donors (Lipinski definition) is 0. The highest BCUT2D eigenvalue weighted by atomic mass is 16.5. The molecule has 1 rings (SSSR count). The molecule has 1 aliphatic carbocycles. The van der Waals surface area contributed by atoms with Crippen LogP contribution in [0.2, 0.25) is 0 Å². The monoisotopic (exact) mass is 280 g/mol. The Morgan fingerprint density at radius 2 is 1.60 bits per heavy atom. The largest absolute Gasteiger partial charge is 0.469 e. The first kappa shape index (κ1) is 16.1. The number of rotatable bonds is 3. The van der Waals surface area contributed by atoms with Crippen LogP contribution >= 0.6 is 0 Å². The Kier molecular flexibility index (Phi) is 5.25. The maximum absolute atomic E-state index is 12.1. The molecule has 110 valence electrons. The van der Waals surface area contributed by atoms with Gasteiger partial charge < -0.3 is 9.47 Å². The normalized spacial score (nSPS) is 25.6. The topological polar surface area (TPSA) is 69.7 Å². The van der Waals surface area contributed by atoms with E-state index in [9.17, 15) is 14.4 Å². The Balaban J connectivity index is 3.37. The molecule has 0 heterocycles. The molecule has 0 aromatic carbocycles. The molecule has 20 heavy (non-hydrogen) atoms. The molecule has 3 atom stereocenters. The summed E-state index contributed by atoms with van der Waals surface area (Å²) in [6.45, 7) is 5.39. The molecule has 0 saturated heterocycles. The predicted molar refractivity (Wildman–Crippen MR) is 72.7 cm³/mol. The molecular weight excluding hydrogens is 260 g/mol. The molecule has 1 aliphatic rings. The van der Waals surface area contributed by atoms with E-state index >= 15 is 0 Å². The molecule has 0 N–H and O–H groups in total. The molecule has 0 unspecified atom stereocenters. The van der Waals surface area contributed by atoms with Gasteiger partial charge in [0.1, 0.15) is 5.92 Å². The van der Waals surface area contributed by atoms with Crippen LogP contribution in [0.5, 0.6) is 0 Å². The smallest absolute Gasteiger partial charge is 0.317 e. The standard InChI is InChI=1S/C15H20O5/c1-8(2)6-10-12(14(17)19-4)9(3)7-11(16)13(10)15(18)20-5/h6-7,10,12-13H,1-5H3/t10-,12-,13+/m0/s1. The van der Waals surface area contributed by atoms with E-state index in [0.717, 1.165) is 5.57 Å². The van der Waals surface area contributed by atoms with Crippen molar-refractivity contribution >= 4 is 17.7 Å². The van der Waals surface area contributed by atoms with Gasteiger partial charge in [0.15, 0.2) is 5.78 Å². The average molecular weight is 280 g/mol. The fourth-order valence-corrected chi connectivity index (χ4v) is 2.54. The van der Waals surface area contributed by atoms with Crippen molar-refractivity contribution in [1.29, 1.82) is 0 Å². The molecule has 0 aliphatic heterocycles. The van der Waals surface area contributed by atoms with E-state index in [0.29, 0.717) is 5.57 Å². The van der Waals surface area contributed by atoms with Crippen LogP contribution in [-0.2, 0) is 23.9 Å². The first-order chi connectivity index (χ1) is 9.33. The minimum absolute atomic E-state index is 0.336. The highest BCUT2D eigenvalue weighted by Gasteiger charge is 2.45. The van der Waals surface area contributed by atoms with Gasteiger partial charge in [-0.1, -0.05) is 17.2 Å². The number of esters is 2. The maximum Gasteiger partial charge on any atom is 0.317 e. The van der Waals surface area contributed by atoms with Crippen molar-refractivity contribution in [2.45, 2.75) is 20.8 Å². The summed E-state index contributed by atoms with van der Waals surface area (Å²) < 4.78 is 9.49. The number of methoxy groups -OCH3 is 2. The number of hydrogen-bond acceptors (Lipinski definition) is 5. The minimum atomic E-state index is -0.998. The van der Waals surface area contributed by atoms with Gasteiger partial charge in [0.05, 0.1) is 20.1 Å². The van der Waals surface area contributed by atoms with E-state index in [-0.39, 0.29) is 5.78 Å². The summed E-state index contributed by atoms with van der Waals surface area (Å²) in [6.07, 6.45) is 3.09. The lowest BCUT2D eigenvalue weighted by atomic mass is 9.71. The summed E-state index contributed by atoms with van der Waals surface area (Å²) in [6, 6.07) is 0.